The molecule has 1 saturated heterocycles. The fourth-order valence-corrected chi connectivity index (χ4v) is 4.23. The van der Waals surface area contributed by atoms with Crippen molar-refractivity contribution in [2.75, 3.05) is 46.9 Å². The van der Waals surface area contributed by atoms with Crippen molar-refractivity contribution < 1.29 is 4.74 Å². The summed E-state index contributed by atoms with van der Waals surface area (Å²) in [6.07, 6.45) is 0. The van der Waals surface area contributed by atoms with E-state index in [1.54, 1.807) is 11.8 Å². The first kappa shape index (κ1) is 20.6. The fourth-order valence-electron chi connectivity index (χ4n) is 4.23. The van der Waals surface area contributed by atoms with Gasteiger partial charge in [0.15, 0.2) is 5.82 Å². The highest BCUT2D eigenvalue weighted by molar-refractivity contribution is 5.83. The van der Waals surface area contributed by atoms with Gasteiger partial charge in [-0.1, -0.05) is 11.6 Å². The van der Waals surface area contributed by atoms with Gasteiger partial charge in [0.1, 0.15) is 6.04 Å². The minimum absolute atomic E-state index is 0.0975. The molecular formula is C21H29N7O2. The molecule has 0 amide bonds. The topological polar surface area (TPSA) is 92.2 Å². The number of aryl methyl sites for hydroxylation is 2. The van der Waals surface area contributed by atoms with E-state index < -0.39 is 0 Å². The van der Waals surface area contributed by atoms with Crippen molar-refractivity contribution in [2.24, 2.45) is 0 Å². The second-order valence-corrected chi connectivity index (χ2v) is 8.09. The van der Waals surface area contributed by atoms with Crippen LogP contribution in [0.15, 0.2) is 23.0 Å². The first-order valence-corrected chi connectivity index (χ1v) is 10.3. The molecule has 4 rings (SSSR count). The zero-order chi connectivity index (χ0) is 21.3. The SMILES string of the molecule is COCCn1nnnc1[C@@H](c1cc2cc(C)cc(C)c2[nH]c1=O)N1CCN(C)CC1. The van der Waals surface area contributed by atoms with Gasteiger partial charge >= 0.3 is 0 Å². The molecule has 1 fully saturated rings. The van der Waals surface area contributed by atoms with Crippen LogP contribution in [0.1, 0.15) is 28.6 Å². The van der Waals surface area contributed by atoms with Gasteiger partial charge in [0.25, 0.3) is 5.56 Å². The Balaban J connectivity index is 1.85. The predicted molar refractivity (Wildman–Crippen MR) is 115 cm³/mol. The van der Waals surface area contributed by atoms with Crippen LogP contribution in [-0.4, -0.2) is 81.9 Å². The number of nitrogens with one attached hydrogen (secondary N) is 1. The molecule has 9 heteroatoms. The third-order valence-electron chi connectivity index (χ3n) is 5.83. The largest absolute Gasteiger partial charge is 0.383 e. The minimum atomic E-state index is -0.320. The van der Waals surface area contributed by atoms with Crippen LogP contribution in [0.4, 0.5) is 0 Å². The summed E-state index contributed by atoms with van der Waals surface area (Å²) >= 11 is 0. The number of tetrazole rings is 1. The van der Waals surface area contributed by atoms with E-state index in [0.717, 1.165) is 42.6 Å². The number of H-pyrrole nitrogens is 1. The van der Waals surface area contributed by atoms with Gasteiger partial charge in [-0.15, -0.1) is 5.10 Å². The van der Waals surface area contributed by atoms with Crippen molar-refractivity contribution in [3.05, 3.63) is 51.1 Å². The number of piperazine rings is 1. The Hall–Kier alpha value is -2.62. The minimum Gasteiger partial charge on any atom is -0.383 e. The second-order valence-electron chi connectivity index (χ2n) is 8.09. The Morgan fingerprint density at radius 2 is 1.93 bits per heavy atom. The molecule has 0 saturated carbocycles. The van der Waals surface area contributed by atoms with Crippen molar-refractivity contribution in [1.29, 1.82) is 0 Å². The molecule has 1 aromatic carbocycles. The summed E-state index contributed by atoms with van der Waals surface area (Å²) in [7, 11) is 3.77. The molecule has 3 heterocycles. The van der Waals surface area contributed by atoms with Crippen LogP contribution in [0, 0.1) is 13.8 Å². The van der Waals surface area contributed by atoms with E-state index in [9.17, 15) is 4.79 Å². The molecule has 1 aliphatic heterocycles. The Labute approximate surface area is 175 Å². The summed E-state index contributed by atoms with van der Waals surface area (Å²) in [6, 6.07) is 5.88. The predicted octanol–water partition coefficient (Wildman–Crippen LogP) is 1.11. The molecule has 0 bridgehead atoms. The van der Waals surface area contributed by atoms with Crippen LogP contribution < -0.4 is 5.56 Å². The van der Waals surface area contributed by atoms with Gasteiger partial charge in [0.2, 0.25) is 0 Å². The molecule has 3 aromatic rings. The number of aromatic amines is 1. The summed E-state index contributed by atoms with van der Waals surface area (Å²) in [6.45, 7) is 8.66. The van der Waals surface area contributed by atoms with Gasteiger partial charge in [-0.2, -0.15) is 0 Å². The van der Waals surface area contributed by atoms with Crippen LogP contribution in [-0.2, 0) is 11.3 Å². The van der Waals surface area contributed by atoms with E-state index in [1.165, 1.54) is 5.56 Å². The fraction of sp³-hybridized carbons (Fsp3) is 0.524. The van der Waals surface area contributed by atoms with E-state index in [-0.39, 0.29) is 11.6 Å². The zero-order valence-electron chi connectivity index (χ0n) is 18.1. The molecule has 9 nitrogen and oxygen atoms in total. The lowest BCUT2D eigenvalue weighted by Crippen LogP contribution is -2.47. The molecule has 0 aliphatic carbocycles. The van der Waals surface area contributed by atoms with Crippen LogP contribution >= 0.6 is 0 Å². The van der Waals surface area contributed by atoms with Crippen LogP contribution in [0.3, 0.4) is 0 Å². The lowest BCUT2D eigenvalue weighted by Gasteiger charge is -2.37. The van der Waals surface area contributed by atoms with Crippen LogP contribution in [0.2, 0.25) is 0 Å². The number of hydrogen-bond donors (Lipinski definition) is 1. The maximum atomic E-state index is 13.2. The number of ether oxygens (including phenoxy) is 1. The maximum absolute atomic E-state index is 13.2. The number of pyridine rings is 1. The second kappa shape index (κ2) is 8.63. The van der Waals surface area contributed by atoms with Crippen LogP contribution in [0.5, 0.6) is 0 Å². The number of aromatic nitrogens is 5. The highest BCUT2D eigenvalue weighted by Crippen LogP contribution is 2.28. The normalized spacial score (nSPS) is 16.9. The van der Waals surface area contributed by atoms with E-state index in [1.807, 2.05) is 13.0 Å². The number of rotatable bonds is 6. The summed E-state index contributed by atoms with van der Waals surface area (Å²) < 4.78 is 6.97. The van der Waals surface area contributed by atoms with Gasteiger partial charge < -0.3 is 14.6 Å². The number of hydrogen-bond acceptors (Lipinski definition) is 7. The van der Waals surface area contributed by atoms with E-state index in [0.29, 0.717) is 24.5 Å². The standard InChI is InChI=1S/C21H29N7O2/c1-14-11-15(2)18-16(12-14)13-17(21(29)22-18)19(27-7-5-26(3)6-8-27)20-23-24-25-28(20)9-10-30-4/h11-13,19H,5-10H2,1-4H3,(H,22,29)/t19-/m1/s1. The van der Waals surface area contributed by atoms with Gasteiger partial charge in [-0.05, 0) is 54.4 Å². The first-order chi connectivity index (χ1) is 14.5. The van der Waals surface area contributed by atoms with Crippen LogP contribution in [0.25, 0.3) is 10.9 Å². The highest BCUT2D eigenvalue weighted by atomic mass is 16.5. The Kier molecular flexibility index (Phi) is 5.94. The zero-order valence-corrected chi connectivity index (χ0v) is 18.1. The van der Waals surface area contributed by atoms with Gasteiger partial charge in [-0.3, -0.25) is 9.69 Å². The van der Waals surface area contributed by atoms with Gasteiger partial charge in [0.05, 0.1) is 18.7 Å². The van der Waals surface area contributed by atoms with Crippen molar-refractivity contribution in [2.45, 2.75) is 26.4 Å². The number of benzene rings is 1. The van der Waals surface area contributed by atoms with Crippen molar-refractivity contribution >= 4 is 10.9 Å². The lowest BCUT2D eigenvalue weighted by atomic mass is 10.00. The number of methoxy groups -OCH3 is 1. The third kappa shape index (κ3) is 4.00. The average Bonchev–Trinajstić information content (AvgIpc) is 3.17. The average molecular weight is 412 g/mol. The van der Waals surface area contributed by atoms with E-state index >= 15 is 0 Å². The molecule has 1 atom stereocenters. The van der Waals surface area contributed by atoms with E-state index in [4.69, 9.17) is 4.74 Å². The molecule has 0 radical (unpaired) electrons. The monoisotopic (exact) mass is 411 g/mol. The smallest absolute Gasteiger partial charge is 0.253 e. The van der Waals surface area contributed by atoms with Crippen molar-refractivity contribution in [3.8, 4) is 0 Å². The summed E-state index contributed by atoms with van der Waals surface area (Å²) in [5, 5.41) is 13.4. The molecular weight excluding hydrogens is 382 g/mol. The lowest BCUT2D eigenvalue weighted by molar-refractivity contribution is 0.119. The summed E-state index contributed by atoms with van der Waals surface area (Å²) in [5.41, 5.74) is 3.68. The van der Waals surface area contributed by atoms with Crippen molar-refractivity contribution in [3.63, 3.8) is 0 Å². The van der Waals surface area contributed by atoms with Gasteiger partial charge in [-0.25, -0.2) is 4.68 Å². The Morgan fingerprint density at radius 1 is 1.17 bits per heavy atom. The van der Waals surface area contributed by atoms with Crippen molar-refractivity contribution in [1.82, 2.24) is 35.0 Å². The molecule has 2 aromatic heterocycles. The molecule has 1 aliphatic rings. The molecule has 160 valence electrons. The molecule has 0 spiro atoms. The number of fused-ring (bicyclic) bond motifs is 1. The quantitative estimate of drug-likeness (QED) is 0.650. The molecule has 1 N–H and O–H groups in total. The number of likely N-dealkylation sites (N-methyl/N-ethyl adjacent to an activating group) is 1. The third-order valence-corrected chi connectivity index (χ3v) is 5.83. The Bertz CT molecular complexity index is 1080. The molecule has 30 heavy (non-hydrogen) atoms. The van der Waals surface area contributed by atoms with E-state index in [2.05, 4.69) is 56.4 Å². The maximum Gasteiger partial charge on any atom is 0.253 e. The summed E-state index contributed by atoms with van der Waals surface area (Å²) in [4.78, 5) is 20.9. The highest BCUT2D eigenvalue weighted by Gasteiger charge is 2.32. The Morgan fingerprint density at radius 3 is 2.67 bits per heavy atom. The number of nitrogens with zero attached hydrogens (tertiary/aromatic N) is 6. The summed E-state index contributed by atoms with van der Waals surface area (Å²) in [5.74, 6) is 0.672. The first-order valence-electron chi connectivity index (χ1n) is 10.3. The van der Waals surface area contributed by atoms with Gasteiger partial charge in [0, 0.05) is 38.9 Å². The molecule has 0 unspecified atom stereocenters.